The van der Waals surface area contributed by atoms with Crippen molar-refractivity contribution in [3.8, 4) is 0 Å². The molecule has 0 aliphatic heterocycles. The second kappa shape index (κ2) is 6.81. The monoisotopic (exact) mass is 301 g/mol. The van der Waals surface area contributed by atoms with Crippen LogP contribution in [0.3, 0.4) is 0 Å². The van der Waals surface area contributed by atoms with Gasteiger partial charge in [-0.2, -0.15) is 5.10 Å². The lowest BCUT2D eigenvalue weighted by Crippen LogP contribution is -2.32. The van der Waals surface area contributed by atoms with Crippen LogP contribution in [0.15, 0.2) is 40.8 Å². The highest BCUT2D eigenvalue weighted by Gasteiger charge is 2.14. The Morgan fingerprint density at radius 1 is 1.10 bits per heavy atom. The molecule has 2 rings (SSSR count). The van der Waals surface area contributed by atoms with Gasteiger partial charge in [0, 0.05) is 10.6 Å². The second-order valence-electron chi connectivity index (χ2n) is 4.44. The van der Waals surface area contributed by atoms with Crippen LogP contribution in [0.4, 0.5) is 5.69 Å². The summed E-state index contributed by atoms with van der Waals surface area (Å²) >= 11 is 1.49. The topological polar surface area (TPSA) is 70.6 Å². The number of hydrazone groups is 1. The molecule has 1 heterocycles. The van der Waals surface area contributed by atoms with Gasteiger partial charge in [-0.25, -0.2) is 5.43 Å². The van der Waals surface area contributed by atoms with Gasteiger partial charge in [0.05, 0.1) is 6.21 Å². The SMILES string of the molecule is Cc1cccc(C)c1NC(=O)C(=O)N/N=C\c1cccs1. The second-order valence-corrected chi connectivity index (χ2v) is 5.41. The number of hydrogen-bond donors (Lipinski definition) is 2. The van der Waals surface area contributed by atoms with Crippen LogP contribution in [0.1, 0.15) is 16.0 Å². The number of thiophene rings is 1. The lowest BCUT2D eigenvalue weighted by Gasteiger charge is -2.10. The van der Waals surface area contributed by atoms with Gasteiger partial charge >= 0.3 is 11.8 Å². The van der Waals surface area contributed by atoms with Gasteiger partial charge in [-0.1, -0.05) is 24.3 Å². The van der Waals surface area contributed by atoms with Crippen molar-refractivity contribution < 1.29 is 9.59 Å². The number of benzene rings is 1. The van der Waals surface area contributed by atoms with Gasteiger partial charge in [-0.3, -0.25) is 9.59 Å². The molecular formula is C15H15N3O2S. The molecule has 2 aromatic rings. The van der Waals surface area contributed by atoms with E-state index in [2.05, 4.69) is 15.8 Å². The zero-order valence-electron chi connectivity index (χ0n) is 11.7. The Morgan fingerprint density at radius 3 is 2.43 bits per heavy atom. The molecule has 0 unspecified atom stereocenters. The molecule has 0 saturated heterocycles. The van der Waals surface area contributed by atoms with Gasteiger partial charge in [-0.15, -0.1) is 11.3 Å². The Bertz CT molecular complexity index is 658. The summed E-state index contributed by atoms with van der Waals surface area (Å²) in [5.74, 6) is -1.54. The first-order chi connectivity index (χ1) is 10.1. The maximum absolute atomic E-state index is 11.8. The van der Waals surface area contributed by atoms with E-state index in [1.165, 1.54) is 17.6 Å². The summed E-state index contributed by atoms with van der Waals surface area (Å²) < 4.78 is 0. The molecule has 1 aromatic carbocycles. The molecule has 0 fully saturated rings. The molecule has 1 aromatic heterocycles. The average Bonchev–Trinajstić information content (AvgIpc) is 2.96. The summed E-state index contributed by atoms with van der Waals surface area (Å²) in [5.41, 5.74) is 4.66. The lowest BCUT2D eigenvalue weighted by molar-refractivity contribution is -0.136. The molecule has 0 radical (unpaired) electrons. The van der Waals surface area contributed by atoms with Gasteiger partial charge in [0.15, 0.2) is 0 Å². The number of carbonyl (C=O) groups excluding carboxylic acids is 2. The first-order valence-electron chi connectivity index (χ1n) is 6.32. The van der Waals surface area contributed by atoms with Crippen LogP contribution in [0.2, 0.25) is 0 Å². The fourth-order valence-corrected chi connectivity index (χ4v) is 2.34. The molecule has 6 heteroatoms. The molecule has 2 N–H and O–H groups in total. The van der Waals surface area contributed by atoms with Gasteiger partial charge < -0.3 is 5.32 Å². The third-order valence-electron chi connectivity index (χ3n) is 2.83. The standard InChI is InChI=1S/C15H15N3O2S/c1-10-5-3-6-11(2)13(10)17-14(19)15(20)18-16-9-12-7-4-8-21-12/h3-9H,1-2H3,(H,17,19)(H,18,20)/b16-9-. The number of aryl methyl sites for hydroxylation is 2. The minimum Gasteiger partial charge on any atom is -0.317 e. The van der Waals surface area contributed by atoms with Gasteiger partial charge in [0.25, 0.3) is 0 Å². The summed E-state index contributed by atoms with van der Waals surface area (Å²) in [5, 5.41) is 8.25. The number of carbonyl (C=O) groups is 2. The Balaban J connectivity index is 1.95. The van der Waals surface area contributed by atoms with E-state index in [1.54, 1.807) is 0 Å². The molecule has 0 atom stereocenters. The molecule has 2 amide bonds. The maximum Gasteiger partial charge on any atom is 0.329 e. The first-order valence-corrected chi connectivity index (χ1v) is 7.20. The lowest BCUT2D eigenvalue weighted by atomic mass is 10.1. The maximum atomic E-state index is 11.8. The van der Waals surface area contributed by atoms with Crippen LogP contribution in [-0.4, -0.2) is 18.0 Å². The Kier molecular flexibility index (Phi) is 4.84. The quantitative estimate of drug-likeness (QED) is 0.519. The van der Waals surface area contributed by atoms with Gasteiger partial charge in [0.1, 0.15) is 0 Å². The molecule has 5 nitrogen and oxygen atoms in total. The fourth-order valence-electron chi connectivity index (χ4n) is 1.75. The van der Waals surface area contributed by atoms with Crippen LogP contribution in [-0.2, 0) is 9.59 Å². The normalized spacial score (nSPS) is 10.6. The molecular weight excluding hydrogens is 286 g/mol. The molecule has 0 spiro atoms. The number of hydrogen-bond acceptors (Lipinski definition) is 4. The zero-order valence-corrected chi connectivity index (χ0v) is 12.5. The summed E-state index contributed by atoms with van der Waals surface area (Å²) in [6.45, 7) is 3.74. The van der Waals surface area contributed by atoms with Crippen molar-refractivity contribution >= 4 is 35.1 Å². The van der Waals surface area contributed by atoms with Crippen LogP contribution in [0, 0.1) is 13.8 Å². The predicted octanol–water partition coefficient (Wildman–Crippen LogP) is 2.45. The first kappa shape index (κ1) is 14.9. The third kappa shape index (κ3) is 4.00. The Hall–Kier alpha value is -2.47. The zero-order chi connectivity index (χ0) is 15.2. The molecule has 21 heavy (non-hydrogen) atoms. The summed E-state index contributed by atoms with van der Waals surface area (Å²) in [6.07, 6.45) is 1.49. The van der Waals surface area contributed by atoms with E-state index in [0.29, 0.717) is 5.69 Å². The average molecular weight is 301 g/mol. The minimum atomic E-state index is -0.801. The number of para-hydroxylation sites is 1. The number of nitrogens with one attached hydrogen (secondary N) is 2. The fraction of sp³-hybridized carbons (Fsp3) is 0.133. The summed E-state index contributed by atoms with van der Waals surface area (Å²) in [7, 11) is 0. The van der Waals surface area contributed by atoms with Crippen molar-refractivity contribution in [1.29, 1.82) is 0 Å². The van der Waals surface area contributed by atoms with E-state index in [1.807, 2.05) is 49.6 Å². The van der Waals surface area contributed by atoms with Crippen molar-refractivity contribution in [2.45, 2.75) is 13.8 Å². The summed E-state index contributed by atoms with van der Waals surface area (Å²) in [4.78, 5) is 24.4. The van der Waals surface area contributed by atoms with Crippen LogP contribution in [0.25, 0.3) is 0 Å². The van der Waals surface area contributed by atoms with Crippen molar-refractivity contribution in [3.05, 3.63) is 51.7 Å². The molecule has 0 aliphatic rings. The van der Waals surface area contributed by atoms with Gasteiger partial charge in [0.2, 0.25) is 0 Å². The van der Waals surface area contributed by atoms with E-state index < -0.39 is 11.8 Å². The van der Waals surface area contributed by atoms with Crippen molar-refractivity contribution in [3.63, 3.8) is 0 Å². The molecule has 0 saturated carbocycles. The number of rotatable bonds is 3. The number of amides is 2. The van der Waals surface area contributed by atoms with E-state index in [4.69, 9.17) is 0 Å². The van der Waals surface area contributed by atoms with Crippen molar-refractivity contribution in [2.24, 2.45) is 5.10 Å². The Labute approximate surface area is 126 Å². The highest BCUT2D eigenvalue weighted by Crippen LogP contribution is 2.19. The highest BCUT2D eigenvalue weighted by molar-refractivity contribution is 7.11. The van der Waals surface area contributed by atoms with Crippen LogP contribution < -0.4 is 10.7 Å². The smallest absolute Gasteiger partial charge is 0.317 e. The predicted molar refractivity (Wildman–Crippen MR) is 84.6 cm³/mol. The molecule has 0 aliphatic carbocycles. The number of nitrogens with zero attached hydrogens (tertiary/aromatic N) is 1. The largest absolute Gasteiger partial charge is 0.329 e. The summed E-state index contributed by atoms with van der Waals surface area (Å²) in [6, 6.07) is 9.37. The van der Waals surface area contributed by atoms with Gasteiger partial charge in [-0.05, 0) is 36.4 Å². The van der Waals surface area contributed by atoms with Crippen LogP contribution >= 0.6 is 11.3 Å². The van der Waals surface area contributed by atoms with Crippen molar-refractivity contribution in [2.75, 3.05) is 5.32 Å². The van der Waals surface area contributed by atoms with E-state index in [9.17, 15) is 9.59 Å². The van der Waals surface area contributed by atoms with Crippen molar-refractivity contribution in [1.82, 2.24) is 5.43 Å². The third-order valence-corrected chi connectivity index (χ3v) is 3.63. The van der Waals surface area contributed by atoms with Crippen LogP contribution in [0.5, 0.6) is 0 Å². The minimum absolute atomic E-state index is 0.653. The Morgan fingerprint density at radius 2 is 1.81 bits per heavy atom. The molecule has 108 valence electrons. The highest BCUT2D eigenvalue weighted by atomic mass is 32.1. The molecule has 0 bridgehead atoms. The van der Waals surface area contributed by atoms with E-state index >= 15 is 0 Å². The van der Waals surface area contributed by atoms with E-state index in [-0.39, 0.29) is 0 Å². The van der Waals surface area contributed by atoms with E-state index in [0.717, 1.165) is 16.0 Å². The number of anilines is 1.